The molecule has 0 bridgehead atoms. The van der Waals surface area contributed by atoms with Gasteiger partial charge < -0.3 is 47.0 Å². The van der Waals surface area contributed by atoms with E-state index in [0.717, 1.165) is 33.8 Å². The van der Waals surface area contributed by atoms with Crippen LogP contribution in [0.1, 0.15) is 41.0 Å². The molecule has 4 N–H and O–H groups in total. The minimum atomic E-state index is -4.94. The van der Waals surface area contributed by atoms with Crippen molar-refractivity contribution in [1.82, 2.24) is 9.88 Å². The Morgan fingerprint density at radius 1 is 0.733 bits per heavy atom. The fourth-order valence-corrected chi connectivity index (χ4v) is 4.83. The van der Waals surface area contributed by atoms with Gasteiger partial charge in [0.05, 0.1) is 18.8 Å². The maximum Gasteiger partial charge on any atom is 0.361 e. The van der Waals surface area contributed by atoms with E-state index in [2.05, 4.69) is 61.6 Å². The number of esters is 2. The predicted molar refractivity (Wildman–Crippen MR) is 214 cm³/mol. The lowest BCUT2D eigenvalue weighted by Gasteiger charge is -2.17. The SMILES string of the molecule is CCOC(=O)C[NH3+].CCOC(=O)c1cc(-c2ccc(OCc3ccccc3)cc2)c[nH]1.CN(C)/C=C(\C=[N+](C)C)c1ccc(OCc2ccccc2)cc1.[Cl-].[O-][Cl+3]([O-])([O-])[O-]. The number of halogens is 2. The second-order valence-corrected chi connectivity index (χ2v) is 13.4. The molecule has 0 aliphatic rings. The highest BCUT2D eigenvalue weighted by atomic mass is 35.7. The number of ether oxygens (including phenoxy) is 4. The van der Waals surface area contributed by atoms with Crippen molar-refractivity contribution in [3.63, 3.8) is 0 Å². The van der Waals surface area contributed by atoms with Gasteiger partial charge in [0.1, 0.15) is 44.5 Å². The summed E-state index contributed by atoms with van der Waals surface area (Å²) in [5, 5.41) is 0. The van der Waals surface area contributed by atoms with Gasteiger partial charge in [-0.25, -0.2) is 32.8 Å². The first-order chi connectivity index (χ1) is 28.1. The Morgan fingerprint density at radius 2 is 1.20 bits per heavy atom. The van der Waals surface area contributed by atoms with Gasteiger partial charge >= 0.3 is 11.9 Å². The standard InChI is InChI=1S/C20H25N2O.C20H19NO3.C4H9NO2.ClHO4.ClH/c1-21(2)14-19(15-22(3)4)18-10-12-20(13-11-18)23-16-17-8-6-5-7-9-17;1-2-23-20(22)19-12-17(13-21-19)16-8-10-18(11-9-16)24-14-15-6-4-3-5-7-15;1-2-7-4(6)3-5;2-1(3,4)5;/h5-15H,16H2,1-4H3;3-13,21H,2,14H2,1H3;2-3,5H2,1H3;(H,2,3,4,5);1H/q+1;;;;/p-1. The molecule has 0 aliphatic heterocycles. The van der Waals surface area contributed by atoms with Gasteiger partial charge in [0, 0.05) is 26.5 Å². The number of quaternary nitrogens is 1. The van der Waals surface area contributed by atoms with Crippen molar-refractivity contribution in [1.29, 1.82) is 0 Å². The maximum absolute atomic E-state index is 11.7. The quantitative estimate of drug-likeness (QED) is 0.0784. The minimum absolute atomic E-state index is 0. The van der Waals surface area contributed by atoms with Crippen LogP contribution in [0.15, 0.2) is 128 Å². The zero-order chi connectivity index (χ0) is 43.6. The van der Waals surface area contributed by atoms with Crippen LogP contribution in [0.2, 0.25) is 0 Å². The number of nitrogens with one attached hydrogen (secondary N) is 1. The summed E-state index contributed by atoms with van der Waals surface area (Å²) in [6.45, 7) is 5.73. The number of allylic oxidation sites excluding steroid dienone is 1. The van der Waals surface area contributed by atoms with Gasteiger partial charge in [-0.1, -0.05) is 84.9 Å². The van der Waals surface area contributed by atoms with E-state index in [9.17, 15) is 9.59 Å². The van der Waals surface area contributed by atoms with Crippen LogP contribution in [-0.2, 0) is 27.5 Å². The molecule has 0 aliphatic carbocycles. The minimum Gasteiger partial charge on any atom is -1.00 e. The van der Waals surface area contributed by atoms with E-state index in [0.29, 0.717) is 32.1 Å². The second-order valence-electron chi connectivity index (χ2n) is 12.7. The average molecular weight is 870 g/mol. The average Bonchev–Trinajstić information content (AvgIpc) is 3.71. The molecule has 0 saturated heterocycles. The molecule has 0 spiro atoms. The lowest BCUT2D eigenvalue weighted by atomic mass is 10.1. The number of aromatic nitrogens is 1. The first-order valence-electron chi connectivity index (χ1n) is 18.5. The zero-order valence-electron chi connectivity index (χ0n) is 34.7. The number of rotatable bonds is 14. The lowest BCUT2D eigenvalue weighted by Crippen LogP contribution is -3.00. The number of hydrogen-bond donors (Lipinski definition) is 2. The Hall–Kier alpha value is -5.71. The molecule has 0 atom stereocenters. The van der Waals surface area contributed by atoms with Gasteiger partial charge in [-0.3, -0.25) is 0 Å². The molecule has 324 valence electrons. The van der Waals surface area contributed by atoms with Crippen LogP contribution in [0.3, 0.4) is 0 Å². The van der Waals surface area contributed by atoms with E-state index in [-0.39, 0.29) is 30.9 Å². The molecule has 5 rings (SSSR count). The fraction of sp³-hybridized carbons (Fsp3) is 0.250. The molecule has 0 amide bonds. The first kappa shape index (κ1) is 52.3. The number of H-pyrrole nitrogens is 1. The highest BCUT2D eigenvalue weighted by Gasteiger charge is 2.10. The molecule has 0 unspecified atom stereocenters. The predicted octanol–water partition coefficient (Wildman–Crippen LogP) is -1.01. The molecular formula is C44H54Cl2N4O10. The summed E-state index contributed by atoms with van der Waals surface area (Å²) in [5.41, 5.74) is 10.4. The maximum atomic E-state index is 11.7. The van der Waals surface area contributed by atoms with E-state index < -0.39 is 10.2 Å². The van der Waals surface area contributed by atoms with Crippen LogP contribution in [0, 0.1) is 10.2 Å². The van der Waals surface area contributed by atoms with Crippen LogP contribution in [0.25, 0.3) is 16.7 Å². The van der Waals surface area contributed by atoms with Gasteiger partial charge in [-0.05, 0) is 72.0 Å². The summed E-state index contributed by atoms with van der Waals surface area (Å²) < 4.78 is 57.1. The normalized spacial score (nSPS) is 10.3. The topological polar surface area (TPSA) is 213 Å². The van der Waals surface area contributed by atoms with E-state index in [4.69, 9.17) is 32.8 Å². The van der Waals surface area contributed by atoms with Gasteiger partial charge in [0.2, 0.25) is 0 Å². The molecule has 60 heavy (non-hydrogen) atoms. The fourth-order valence-electron chi connectivity index (χ4n) is 4.83. The Morgan fingerprint density at radius 3 is 1.60 bits per heavy atom. The van der Waals surface area contributed by atoms with Crippen molar-refractivity contribution >= 4 is 23.7 Å². The first-order valence-corrected chi connectivity index (χ1v) is 19.7. The van der Waals surface area contributed by atoms with Crippen LogP contribution in [-0.4, -0.2) is 80.6 Å². The van der Waals surface area contributed by atoms with Crippen LogP contribution >= 0.6 is 0 Å². The summed E-state index contributed by atoms with van der Waals surface area (Å²) >= 11 is 0. The number of aromatic amines is 1. The van der Waals surface area contributed by atoms with Crippen molar-refractivity contribution < 1.29 is 80.1 Å². The van der Waals surface area contributed by atoms with E-state index >= 15 is 0 Å². The van der Waals surface area contributed by atoms with Crippen molar-refractivity contribution in [2.45, 2.75) is 27.1 Å². The highest BCUT2D eigenvalue weighted by molar-refractivity contribution is 6.07. The van der Waals surface area contributed by atoms with E-state index in [1.54, 1.807) is 26.1 Å². The van der Waals surface area contributed by atoms with Crippen molar-refractivity contribution in [2.75, 3.05) is 47.9 Å². The second kappa shape index (κ2) is 28.7. The third-order valence-corrected chi connectivity index (χ3v) is 7.35. The summed E-state index contributed by atoms with van der Waals surface area (Å²) in [6.07, 6.45) is 6.02. The molecule has 0 radical (unpaired) electrons. The number of carbonyl (C=O) groups excluding carboxylic acids is 2. The van der Waals surface area contributed by atoms with Crippen LogP contribution < -0.4 is 46.3 Å². The third kappa shape index (κ3) is 23.0. The van der Waals surface area contributed by atoms with Gasteiger partial charge in [0.15, 0.2) is 12.8 Å². The van der Waals surface area contributed by atoms with E-state index in [1.807, 2.05) is 113 Å². The number of nitrogens with zero attached hydrogens (tertiary/aromatic N) is 2. The molecule has 5 aromatic rings. The molecule has 1 heterocycles. The van der Waals surface area contributed by atoms with Crippen molar-refractivity contribution in [3.8, 4) is 22.6 Å². The Bertz CT molecular complexity index is 1990. The summed E-state index contributed by atoms with van der Waals surface area (Å²) in [7, 11) is 3.17. The zero-order valence-corrected chi connectivity index (χ0v) is 36.2. The molecule has 1 aromatic heterocycles. The highest BCUT2D eigenvalue weighted by Crippen LogP contribution is 2.24. The van der Waals surface area contributed by atoms with Crippen LogP contribution in [0.5, 0.6) is 11.5 Å². The number of hydrogen-bond acceptors (Lipinski definition) is 11. The molecule has 4 aromatic carbocycles. The summed E-state index contributed by atoms with van der Waals surface area (Å²) in [6, 6.07) is 38.0. The van der Waals surface area contributed by atoms with Gasteiger partial charge in [-0.2, -0.15) is 0 Å². The van der Waals surface area contributed by atoms with Gasteiger partial charge in [-0.15, -0.1) is 10.2 Å². The van der Waals surface area contributed by atoms with Crippen LogP contribution in [0.4, 0.5) is 0 Å². The Kier molecular flexibility index (Phi) is 25.0. The third-order valence-electron chi connectivity index (χ3n) is 7.35. The molecular weight excluding hydrogens is 815 g/mol. The largest absolute Gasteiger partial charge is 1.00 e. The monoisotopic (exact) mass is 868 g/mol. The van der Waals surface area contributed by atoms with Crippen molar-refractivity contribution in [2.24, 2.45) is 0 Å². The van der Waals surface area contributed by atoms with E-state index in [1.165, 1.54) is 11.1 Å². The number of carbonyl (C=O) groups is 2. The smallest absolute Gasteiger partial charge is 0.361 e. The molecule has 16 heteroatoms. The van der Waals surface area contributed by atoms with Crippen molar-refractivity contribution in [3.05, 3.63) is 150 Å². The lowest BCUT2D eigenvalue weighted by molar-refractivity contribution is -2.00. The molecule has 0 saturated carbocycles. The summed E-state index contributed by atoms with van der Waals surface area (Å²) in [5.74, 6) is 1.12. The molecule has 0 fully saturated rings. The Balaban J connectivity index is 0.000000467. The van der Waals surface area contributed by atoms with Gasteiger partial charge in [0.25, 0.3) is 0 Å². The molecule has 14 nitrogen and oxygen atoms in total. The number of benzene rings is 4. The summed E-state index contributed by atoms with van der Waals surface area (Å²) in [4.78, 5) is 26.8. The Labute approximate surface area is 360 Å².